The minimum Gasteiger partial charge on any atom is -0.366 e. The van der Waals surface area contributed by atoms with Crippen molar-refractivity contribution in [1.29, 1.82) is 0 Å². The van der Waals surface area contributed by atoms with E-state index < -0.39 is 18.6 Å². The van der Waals surface area contributed by atoms with Gasteiger partial charge in [-0.05, 0) is 30.7 Å². The van der Waals surface area contributed by atoms with Gasteiger partial charge in [0.1, 0.15) is 0 Å². The molecule has 6 heteroatoms. The number of benzene rings is 1. The molecular formula is C14H19F3N2O. The quantitative estimate of drug-likeness (QED) is 0.838. The van der Waals surface area contributed by atoms with Gasteiger partial charge in [0.25, 0.3) is 0 Å². The van der Waals surface area contributed by atoms with E-state index in [9.17, 15) is 18.0 Å². The van der Waals surface area contributed by atoms with Crippen LogP contribution in [0.15, 0.2) is 24.3 Å². The van der Waals surface area contributed by atoms with Crippen LogP contribution < -0.4 is 5.73 Å². The topological polar surface area (TPSA) is 46.3 Å². The van der Waals surface area contributed by atoms with Crippen LogP contribution in [0.2, 0.25) is 0 Å². The molecule has 1 aromatic rings. The molecule has 0 bridgehead atoms. The number of amides is 1. The number of hydrogen-bond acceptors (Lipinski definition) is 2. The number of alkyl halides is 3. The van der Waals surface area contributed by atoms with E-state index in [1.165, 1.54) is 17.0 Å². The average Bonchev–Trinajstić information content (AvgIpc) is 2.35. The molecule has 112 valence electrons. The van der Waals surface area contributed by atoms with E-state index in [0.29, 0.717) is 12.1 Å². The van der Waals surface area contributed by atoms with E-state index in [1.54, 1.807) is 12.1 Å². The summed E-state index contributed by atoms with van der Waals surface area (Å²) in [6.45, 7) is 1.62. The van der Waals surface area contributed by atoms with Crippen LogP contribution in [-0.4, -0.2) is 30.1 Å². The van der Waals surface area contributed by atoms with Gasteiger partial charge in [0.05, 0.1) is 6.54 Å². The maximum absolute atomic E-state index is 12.5. The third-order valence-corrected chi connectivity index (χ3v) is 2.88. The maximum Gasteiger partial charge on any atom is 0.401 e. The summed E-state index contributed by atoms with van der Waals surface area (Å²) >= 11 is 0. The van der Waals surface area contributed by atoms with E-state index in [-0.39, 0.29) is 6.54 Å². The Morgan fingerprint density at radius 2 is 1.85 bits per heavy atom. The van der Waals surface area contributed by atoms with E-state index >= 15 is 0 Å². The Bertz CT molecular complexity index is 429. The summed E-state index contributed by atoms with van der Waals surface area (Å²) in [7, 11) is 0. The van der Waals surface area contributed by atoms with E-state index in [0.717, 1.165) is 18.4 Å². The first-order valence-corrected chi connectivity index (χ1v) is 6.49. The highest BCUT2D eigenvalue weighted by Crippen LogP contribution is 2.18. The molecule has 0 aliphatic heterocycles. The van der Waals surface area contributed by atoms with Gasteiger partial charge in [-0.15, -0.1) is 0 Å². The Hall–Kier alpha value is -1.56. The smallest absolute Gasteiger partial charge is 0.366 e. The highest BCUT2D eigenvalue weighted by atomic mass is 19.4. The first-order chi connectivity index (χ1) is 9.31. The number of primary amides is 1. The standard InChI is InChI=1S/C14H19F3N2O/c1-2-3-8-19(10-14(15,16)17)9-11-4-6-12(7-5-11)13(18)20/h4-7H,2-3,8-10H2,1H3,(H2,18,20). The van der Waals surface area contributed by atoms with Gasteiger partial charge in [-0.2, -0.15) is 13.2 Å². The van der Waals surface area contributed by atoms with E-state index in [4.69, 9.17) is 5.73 Å². The van der Waals surface area contributed by atoms with Crippen molar-refractivity contribution >= 4 is 5.91 Å². The van der Waals surface area contributed by atoms with Gasteiger partial charge in [0.2, 0.25) is 5.91 Å². The van der Waals surface area contributed by atoms with Crippen molar-refractivity contribution in [2.24, 2.45) is 5.73 Å². The summed E-state index contributed by atoms with van der Waals surface area (Å²) in [4.78, 5) is 12.3. The molecule has 0 aliphatic rings. The van der Waals surface area contributed by atoms with Gasteiger partial charge in [0, 0.05) is 12.1 Å². The van der Waals surface area contributed by atoms with Crippen molar-refractivity contribution in [2.75, 3.05) is 13.1 Å². The summed E-state index contributed by atoms with van der Waals surface area (Å²) < 4.78 is 37.5. The second-order valence-electron chi connectivity index (χ2n) is 4.74. The third kappa shape index (κ3) is 6.06. The normalized spacial score (nSPS) is 11.8. The molecule has 3 nitrogen and oxygen atoms in total. The summed E-state index contributed by atoms with van der Waals surface area (Å²) in [6, 6.07) is 6.33. The number of hydrogen-bond donors (Lipinski definition) is 1. The molecule has 0 fully saturated rings. The average molecular weight is 288 g/mol. The summed E-state index contributed by atoms with van der Waals surface area (Å²) in [5, 5.41) is 0. The fourth-order valence-corrected chi connectivity index (χ4v) is 1.88. The molecule has 1 rings (SSSR count). The summed E-state index contributed by atoms with van der Waals surface area (Å²) in [5.74, 6) is -0.547. The second-order valence-corrected chi connectivity index (χ2v) is 4.74. The van der Waals surface area contributed by atoms with Crippen molar-refractivity contribution in [1.82, 2.24) is 4.90 Å². The van der Waals surface area contributed by atoms with Crippen molar-refractivity contribution < 1.29 is 18.0 Å². The van der Waals surface area contributed by atoms with Crippen LogP contribution in [-0.2, 0) is 6.54 Å². The Morgan fingerprint density at radius 1 is 1.25 bits per heavy atom. The van der Waals surface area contributed by atoms with Crippen LogP contribution in [0.4, 0.5) is 13.2 Å². The number of nitrogens with zero attached hydrogens (tertiary/aromatic N) is 1. The lowest BCUT2D eigenvalue weighted by Gasteiger charge is -2.23. The first kappa shape index (κ1) is 16.5. The Kier molecular flexibility index (Phi) is 6.01. The second kappa shape index (κ2) is 7.28. The molecule has 0 aliphatic carbocycles. The number of nitrogens with two attached hydrogens (primary N) is 1. The van der Waals surface area contributed by atoms with Crippen molar-refractivity contribution in [3.63, 3.8) is 0 Å². The zero-order valence-electron chi connectivity index (χ0n) is 11.4. The van der Waals surface area contributed by atoms with E-state index in [1.807, 2.05) is 6.92 Å². The van der Waals surface area contributed by atoms with Gasteiger partial charge >= 0.3 is 6.18 Å². The van der Waals surface area contributed by atoms with Crippen LogP contribution in [0.3, 0.4) is 0 Å². The van der Waals surface area contributed by atoms with Crippen LogP contribution in [0, 0.1) is 0 Å². The first-order valence-electron chi connectivity index (χ1n) is 6.49. The lowest BCUT2D eigenvalue weighted by Crippen LogP contribution is -2.34. The molecule has 0 aromatic heterocycles. The molecule has 0 heterocycles. The number of carbonyl (C=O) groups is 1. The molecular weight excluding hydrogens is 269 g/mol. The van der Waals surface area contributed by atoms with Gasteiger partial charge in [-0.25, -0.2) is 0 Å². The minimum atomic E-state index is -4.21. The summed E-state index contributed by atoms with van der Waals surface area (Å²) in [5.41, 5.74) is 6.20. The Balaban J connectivity index is 2.70. The highest BCUT2D eigenvalue weighted by molar-refractivity contribution is 5.92. The molecule has 1 aromatic carbocycles. The molecule has 2 N–H and O–H groups in total. The lowest BCUT2D eigenvalue weighted by molar-refractivity contribution is -0.147. The minimum absolute atomic E-state index is 0.207. The number of rotatable bonds is 7. The van der Waals surface area contributed by atoms with Crippen LogP contribution >= 0.6 is 0 Å². The van der Waals surface area contributed by atoms with Crippen LogP contribution in [0.1, 0.15) is 35.7 Å². The SMILES string of the molecule is CCCCN(Cc1ccc(C(N)=O)cc1)CC(F)(F)F. The van der Waals surface area contributed by atoms with Crippen molar-refractivity contribution in [3.8, 4) is 0 Å². The molecule has 0 saturated heterocycles. The molecule has 20 heavy (non-hydrogen) atoms. The summed E-state index contributed by atoms with van der Waals surface area (Å²) in [6.07, 6.45) is -2.65. The van der Waals surface area contributed by atoms with Gasteiger partial charge in [-0.1, -0.05) is 25.5 Å². The zero-order valence-corrected chi connectivity index (χ0v) is 11.4. The highest BCUT2D eigenvalue weighted by Gasteiger charge is 2.30. The third-order valence-electron chi connectivity index (χ3n) is 2.88. The predicted molar refractivity (Wildman–Crippen MR) is 71.2 cm³/mol. The fraction of sp³-hybridized carbons (Fsp3) is 0.500. The number of unbranched alkanes of at least 4 members (excludes halogenated alkanes) is 1. The van der Waals surface area contributed by atoms with Gasteiger partial charge < -0.3 is 5.73 Å². The molecule has 1 amide bonds. The van der Waals surface area contributed by atoms with Crippen molar-refractivity contribution in [3.05, 3.63) is 35.4 Å². The number of carbonyl (C=O) groups excluding carboxylic acids is 1. The van der Waals surface area contributed by atoms with Crippen LogP contribution in [0.5, 0.6) is 0 Å². The lowest BCUT2D eigenvalue weighted by atomic mass is 10.1. The molecule has 0 atom stereocenters. The fourth-order valence-electron chi connectivity index (χ4n) is 1.88. The van der Waals surface area contributed by atoms with Gasteiger partial charge in [0.15, 0.2) is 0 Å². The monoisotopic (exact) mass is 288 g/mol. The molecule has 0 spiro atoms. The Labute approximate surface area is 116 Å². The van der Waals surface area contributed by atoms with Crippen LogP contribution in [0.25, 0.3) is 0 Å². The number of halogens is 3. The molecule has 0 saturated carbocycles. The zero-order chi connectivity index (χ0) is 15.2. The molecule has 0 radical (unpaired) electrons. The van der Waals surface area contributed by atoms with Gasteiger partial charge in [-0.3, -0.25) is 9.69 Å². The maximum atomic E-state index is 12.5. The van der Waals surface area contributed by atoms with E-state index in [2.05, 4.69) is 0 Å². The van der Waals surface area contributed by atoms with Crippen molar-refractivity contribution in [2.45, 2.75) is 32.5 Å². The largest absolute Gasteiger partial charge is 0.401 e. The Morgan fingerprint density at radius 3 is 2.30 bits per heavy atom. The molecule has 0 unspecified atom stereocenters. The predicted octanol–water partition coefficient (Wildman–Crippen LogP) is 2.95.